The van der Waals surface area contributed by atoms with Crippen LogP contribution in [0.4, 0.5) is 5.69 Å². The molecule has 1 aliphatic rings. The van der Waals surface area contributed by atoms with Crippen LogP contribution in [0.3, 0.4) is 0 Å². The van der Waals surface area contributed by atoms with E-state index in [1.54, 1.807) is 18.2 Å². The summed E-state index contributed by atoms with van der Waals surface area (Å²) in [4.78, 5) is 23.7. The van der Waals surface area contributed by atoms with Crippen molar-refractivity contribution in [3.63, 3.8) is 0 Å². The highest BCUT2D eigenvalue weighted by Gasteiger charge is 2.35. The monoisotopic (exact) mass is 327 g/mol. The van der Waals surface area contributed by atoms with Gasteiger partial charge in [0, 0.05) is 17.5 Å². The van der Waals surface area contributed by atoms with Gasteiger partial charge >= 0.3 is 5.97 Å². The molecule has 21 heavy (non-hydrogen) atoms. The molecule has 1 N–H and O–H groups in total. The van der Waals surface area contributed by atoms with Gasteiger partial charge in [-0.25, -0.2) is 0 Å². The molecule has 0 radical (unpaired) electrons. The Morgan fingerprint density at radius 2 is 2.05 bits per heavy atom. The second kappa shape index (κ2) is 6.50. The molecule has 112 valence electrons. The summed E-state index contributed by atoms with van der Waals surface area (Å²) < 4.78 is 4.67. The fraction of sp³-hybridized carbons (Fsp3) is 0.333. The van der Waals surface area contributed by atoms with Crippen LogP contribution in [0.25, 0.3) is 0 Å². The van der Waals surface area contributed by atoms with E-state index in [1.807, 2.05) is 6.92 Å². The van der Waals surface area contributed by atoms with Crippen LogP contribution < -0.4 is 5.32 Å². The normalized spacial score (nSPS) is 21.7. The van der Waals surface area contributed by atoms with E-state index in [2.05, 4.69) is 10.1 Å². The molecule has 6 heteroatoms. The molecule has 0 saturated carbocycles. The number of rotatable bonds is 3. The average molecular weight is 328 g/mol. The van der Waals surface area contributed by atoms with Gasteiger partial charge in [-0.3, -0.25) is 9.59 Å². The van der Waals surface area contributed by atoms with E-state index in [1.165, 1.54) is 13.2 Å². The second-order valence-electron chi connectivity index (χ2n) is 5.01. The number of hydrogen-bond donors (Lipinski definition) is 1. The van der Waals surface area contributed by atoms with Gasteiger partial charge in [0.1, 0.15) is 5.92 Å². The highest BCUT2D eigenvalue weighted by atomic mass is 35.5. The summed E-state index contributed by atoms with van der Waals surface area (Å²) in [5.74, 6) is -1.59. The maximum Gasteiger partial charge on any atom is 0.316 e. The quantitative estimate of drug-likeness (QED) is 0.679. The molecule has 0 bridgehead atoms. The number of ether oxygens (including phenoxy) is 1. The predicted octanol–water partition coefficient (Wildman–Crippen LogP) is 3.69. The largest absolute Gasteiger partial charge is 0.468 e. The fourth-order valence-electron chi connectivity index (χ4n) is 2.39. The summed E-state index contributed by atoms with van der Waals surface area (Å²) in [5.41, 5.74) is 1.48. The van der Waals surface area contributed by atoms with E-state index < -0.39 is 11.9 Å². The molecule has 1 aromatic carbocycles. The number of carbonyl (C=O) groups excluding carboxylic acids is 2. The van der Waals surface area contributed by atoms with Crippen molar-refractivity contribution in [1.82, 2.24) is 0 Å². The summed E-state index contributed by atoms with van der Waals surface area (Å²) in [5, 5.41) is 4.04. The standard InChI is InChI=1S/C15H15Cl2NO3/c1-8-5-10(7-13(19)14(8)15(20)21-2)18-9-3-4-11(16)12(17)6-9/h3-4,6-8,14,18H,5H2,1-2H3. The highest BCUT2D eigenvalue weighted by Crippen LogP contribution is 2.30. The Hall–Kier alpha value is -1.52. The van der Waals surface area contributed by atoms with Crippen LogP contribution >= 0.6 is 23.2 Å². The lowest BCUT2D eigenvalue weighted by Crippen LogP contribution is -2.34. The van der Waals surface area contributed by atoms with Crippen molar-refractivity contribution in [3.05, 3.63) is 40.0 Å². The van der Waals surface area contributed by atoms with Crippen molar-refractivity contribution >= 4 is 40.6 Å². The van der Waals surface area contributed by atoms with Crippen LogP contribution in [0.2, 0.25) is 10.0 Å². The van der Waals surface area contributed by atoms with Gasteiger partial charge < -0.3 is 10.1 Å². The molecule has 0 heterocycles. The molecular weight excluding hydrogens is 313 g/mol. The molecule has 0 saturated heterocycles. The van der Waals surface area contributed by atoms with Gasteiger partial charge in [0.15, 0.2) is 5.78 Å². The number of esters is 1. The maximum absolute atomic E-state index is 12.1. The smallest absolute Gasteiger partial charge is 0.316 e. The Balaban J connectivity index is 2.17. The van der Waals surface area contributed by atoms with Gasteiger partial charge in [-0.1, -0.05) is 30.1 Å². The number of benzene rings is 1. The lowest BCUT2D eigenvalue weighted by Gasteiger charge is -2.26. The Morgan fingerprint density at radius 3 is 2.62 bits per heavy atom. The molecule has 0 aliphatic heterocycles. The average Bonchev–Trinajstić information content (AvgIpc) is 2.42. The number of hydrogen-bond acceptors (Lipinski definition) is 4. The van der Waals surface area contributed by atoms with Gasteiger partial charge in [-0.05, 0) is 30.5 Å². The summed E-state index contributed by atoms with van der Waals surface area (Å²) in [6.07, 6.45) is 2.02. The number of ketones is 1. The topological polar surface area (TPSA) is 55.4 Å². The van der Waals surface area contributed by atoms with Crippen LogP contribution in [0.1, 0.15) is 13.3 Å². The van der Waals surface area contributed by atoms with E-state index >= 15 is 0 Å². The summed E-state index contributed by atoms with van der Waals surface area (Å²) in [6.45, 7) is 1.85. The maximum atomic E-state index is 12.1. The van der Waals surface area contributed by atoms with E-state index in [-0.39, 0.29) is 11.7 Å². The number of halogens is 2. The van der Waals surface area contributed by atoms with Gasteiger partial charge in [0.25, 0.3) is 0 Å². The zero-order chi connectivity index (χ0) is 15.6. The van der Waals surface area contributed by atoms with E-state index in [4.69, 9.17) is 23.2 Å². The van der Waals surface area contributed by atoms with Crippen molar-refractivity contribution in [2.24, 2.45) is 11.8 Å². The van der Waals surface area contributed by atoms with Gasteiger partial charge in [-0.2, -0.15) is 0 Å². The van der Waals surface area contributed by atoms with Crippen molar-refractivity contribution in [3.8, 4) is 0 Å². The predicted molar refractivity (Wildman–Crippen MR) is 82.5 cm³/mol. The first-order valence-corrected chi connectivity index (χ1v) is 7.22. The van der Waals surface area contributed by atoms with Crippen molar-refractivity contribution < 1.29 is 14.3 Å². The Morgan fingerprint density at radius 1 is 1.33 bits per heavy atom. The lowest BCUT2D eigenvalue weighted by atomic mass is 9.82. The molecule has 0 fully saturated rings. The molecule has 4 nitrogen and oxygen atoms in total. The molecule has 2 unspecified atom stereocenters. The molecule has 1 aromatic rings. The van der Waals surface area contributed by atoms with Crippen molar-refractivity contribution in [1.29, 1.82) is 0 Å². The molecule has 0 aromatic heterocycles. The fourth-order valence-corrected chi connectivity index (χ4v) is 2.69. The summed E-state index contributed by atoms with van der Waals surface area (Å²) in [6, 6.07) is 5.14. The third-order valence-electron chi connectivity index (χ3n) is 3.41. The first-order chi connectivity index (χ1) is 9.92. The summed E-state index contributed by atoms with van der Waals surface area (Å²) >= 11 is 11.8. The zero-order valence-electron chi connectivity index (χ0n) is 11.7. The minimum Gasteiger partial charge on any atom is -0.468 e. The summed E-state index contributed by atoms with van der Waals surface area (Å²) in [7, 11) is 1.29. The SMILES string of the molecule is COC(=O)C1C(=O)C=C(Nc2ccc(Cl)c(Cl)c2)CC1C. The highest BCUT2D eigenvalue weighted by molar-refractivity contribution is 6.42. The van der Waals surface area contributed by atoms with E-state index in [9.17, 15) is 9.59 Å². The molecule has 2 atom stereocenters. The molecule has 0 spiro atoms. The first kappa shape index (κ1) is 15.9. The van der Waals surface area contributed by atoms with Crippen LogP contribution in [0.5, 0.6) is 0 Å². The number of methoxy groups -OCH3 is 1. The molecule has 2 rings (SSSR count). The van der Waals surface area contributed by atoms with Crippen molar-refractivity contribution in [2.75, 3.05) is 12.4 Å². The number of nitrogens with one attached hydrogen (secondary N) is 1. The van der Waals surface area contributed by atoms with Crippen molar-refractivity contribution in [2.45, 2.75) is 13.3 Å². The first-order valence-electron chi connectivity index (χ1n) is 6.46. The van der Waals surface area contributed by atoms with Gasteiger partial charge in [-0.15, -0.1) is 0 Å². The Labute approximate surface area is 133 Å². The second-order valence-corrected chi connectivity index (χ2v) is 5.82. The van der Waals surface area contributed by atoms with Gasteiger partial charge in [0.05, 0.1) is 17.2 Å². The van der Waals surface area contributed by atoms with Crippen LogP contribution in [0, 0.1) is 11.8 Å². The van der Waals surface area contributed by atoms with E-state index in [0.29, 0.717) is 16.5 Å². The van der Waals surface area contributed by atoms with Gasteiger partial charge in [0.2, 0.25) is 0 Å². The number of carbonyl (C=O) groups is 2. The molecule has 0 amide bonds. The molecule has 1 aliphatic carbocycles. The van der Waals surface area contributed by atoms with Crippen LogP contribution in [-0.2, 0) is 14.3 Å². The molecular formula is C15H15Cl2NO3. The van der Waals surface area contributed by atoms with Crippen LogP contribution in [0.15, 0.2) is 30.0 Å². The lowest BCUT2D eigenvalue weighted by molar-refractivity contribution is -0.150. The minimum absolute atomic E-state index is 0.125. The Bertz CT molecular complexity index is 613. The number of anilines is 1. The Kier molecular flexibility index (Phi) is 4.91. The van der Waals surface area contributed by atoms with E-state index in [0.717, 1.165) is 11.4 Å². The number of allylic oxidation sites excluding steroid dienone is 2. The third-order valence-corrected chi connectivity index (χ3v) is 4.15. The zero-order valence-corrected chi connectivity index (χ0v) is 13.2. The van der Waals surface area contributed by atoms with Crippen LogP contribution in [-0.4, -0.2) is 18.9 Å². The third kappa shape index (κ3) is 3.57. The minimum atomic E-state index is -0.727.